The summed E-state index contributed by atoms with van der Waals surface area (Å²) in [6.07, 6.45) is 0.827. The van der Waals surface area contributed by atoms with E-state index in [1.54, 1.807) is 12.1 Å². The maximum atomic E-state index is 13.3. The van der Waals surface area contributed by atoms with E-state index in [0.29, 0.717) is 16.5 Å². The van der Waals surface area contributed by atoms with Gasteiger partial charge in [0.15, 0.2) is 0 Å². The Labute approximate surface area is 97.5 Å². The second-order valence-electron chi connectivity index (χ2n) is 3.30. The fourth-order valence-corrected chi connectivity index (χ4v) is 2.06. The van der Waals surface area contributed by atoms with Gasteiger partial charge in [0.2, 0.25) is 5.16 Å². The van der Waals surface area contributed by atoms with Crippen molar-refractivity contribution in [3.8, 4) is 0 Å². The number of nitrogens with zero attached hydrogens (tertiary/aromatic N) is 2. The van der Waals surface area contributed by atoms with Gasteiger partial charge in [0, 0.05) is 12.2 Å². The fraction of sp³-hybridized carbons (Fsp3) is 0.273. The van der Waals surface area contributed by atoms with Crippen molar-refractivity contribution in [2.24, 2.45) is 0 Å². The van der Waals surface area contributed by atoms with E-state index < -0.39 is 0 Å². The molecule has 1 heterocycles. The summed E-state index contributed by atoms with van der Waals surface area (Å²) in [6, 6.07) is 6.75. The third-order valence-electron chi connectivity index (χ3n) is 2.16. The third kappa shape index (κ3) is 2.61. The van der Waals surface area contributed by atoms with Crippen LogP contribution in [0, 0.1) is 5.82 Å². The van der Waals surface area contributed by atoms with Crippen LogP contribution in [-0.2, 0) is 12.2 Å². The van der Waals surface area contributed by atoms with Gasteiger partial charge < -0.3 is 0 Å². The number of rotatable bonds is 4. The molecule has 5 heteroatoms. The van der Waals surface area contributed by atoms with Gasteiger partial charge in [-0.2, -0.15) is 0 Å². The molecule has 1 N–H and O–H groups in total. The average molecular weight is 237 g/mol. The van der Waals surface area contributed by atoms with Gasteiger partial charge in [-0.25, -0.2) is 9.37 Å². The number of halogens is 1. The van der Waals surface area contributed by atoms with Crippen LogP contribution in [0.25, 0.3) is 0 Å². The van der Waals surface area contributed by atoms with Gasteiger partial charge in [-0.3, -0.25) is 5.10 Å². The normalized spacial score (nSPS) is 10.6. The lowest BCUT2D eigenvalue weighted by atomic mass is 10.2. The molecule has 84 valence electrons. The first kappa shape index (κ1) is 11.1. The van der Waals surface area contributed by atoms with Crippen LogP contribution in [0.5, 0.6) is 0 Å². The van der Waals surface area contributed by atoms with Crippen molar-refractivity contribution in [1.82, 2.24) is 15.2 Å². The third-order valence-corrected chi connectivity index (χ3v) is 3.06. The van der Waals surface area contributed by atoms with Gasteiger partial charge >= 0.3 is 0 Å². The van der Waals surface area contributed by atoms with Crippen LogP contribution in [0.1, 0.15) is 18.3 Å². The number of benzene rings is 1. The van der Waals surface area contributed by atoms with Crippen molar-refractivity contribution in [1.29, 1.82) is 0 Å². The van der Waals surface area contributed by atoms with E-state index in [1.807, 2.05) is 13.0 Å². The quantitative estimate of drug-likeness (QED) is 0.831. The van der Waals surface area contributed by atoms with Crippen molar-refractivity contribution in [2.45, 2.75) is 24.3 Å². The fourth-order valence-electron chi connectivity index (χ4n) is 1.26. The molecule has 0 aliphatic carbocycles. The molecular weight excluding hydrogens is 225 g/mol. The number of aromatic nitrogens is 3. The van der Waals surface area contributed by atoms with E-state index >= 15 is 0 Å². The highest BCUT2D eigenvalue weighted by molar-refractivity contribution is 7.98. The molecule has 2 rings (SSSR count). The summed E-state index contributed by atoms with van der Waals surface area (Å²) in [5, 5.41) is 7.53. The number of H-pyrrole nitrogens is 1. The molecular formula is C11H12FN3S. The zero-order valence-corrected chi connectivity index (χ0v) is 9.72. The molecule has 0 unspecified atom stereocenters. The Hall–Kier alpha value is -1.36. The molecule has 0 radical (unpaired) electrons. The van der Waals surface area contributed by atoms with Crippen molar-refractivity contribution < 1.29 is 4.39 Å². The molecule has 1 aromatic carbocycles. The van der Waals surface area contributed by atoms with Crippen molar-refractivity contribution in [2.75, 3.05) is 0 Å². The highest BCUT2D eigenvalue weighted by atomic mass is 32.2. The van der Waals surface area contributed by atoms with Crippen LogP contribution in [0.15, 0.2) is 29.4 Å². The summed E-state index contributed by atoms with van der Waals surface area (Å²) >= 11 is 1.43. The minimum atomic E-state index is -0.179. The van der Waals surface area contributed by atoms with E-state index in [1.165, 1.54) is 17.8 Å². The highest BCUT2D eigenvalue weighted by Crippen LogP contribution is 2.20. The maximum Gasteiger partial charge on any atom is 0.208 e. The molecule has 0 saturated carbocycles. The Kier molecular flexibility index (Phi) is 3.56. The van der Waals surface area contributed by atoms with Crippen molar-refractivity contribution >= 4 is 11.8 Å². The molecule has 2 aromatic rings. The molecule has 0 amide bonds. The largest absolute Gasteiger partial charge is 0.262 e. The van der Waals surface area contributed by atoms with E-state index in [0.717, 1.165) is 12.2 Å². The molecule has 0 atom stereocenters. The van der Waals surface area contributed by atoms with Crippen LogP contribution < -0.4 is 0 Å². The van der Waals surface area contributed by atoms with Gasteiger partial charge in [-0.05, 0) is 11.6 Å². The van der Waals surface area contributed by atoms with Gasteiger partial charge in [0.1, 0.15) is 11.6 Å². The van der Waals surface area contributed by atoms with Gasteiger partial charge in [0.05, 0.1) is 0 Å². The molecule has 0 saturated heterocycles. The first-order valence-electron chi connectivity index (χ1n) is 5.07. The number of aryl methyl sites for hydroxylation is 1. The monoisotopic (exact) mass is 237 g/mol. The Morgan fingerprint density at radius 2 is 2.19 bits per heavy atom. The van der Waals surface area contributed by atoms with Crippen LogP contribution in [0.4, 0.5) is 4.39 Å². The topological polar surface area (TPSA) is 41.6 Å². The molecule has 0 fully saturated rings. The molecule has 0 aliphatic rings. The van der Waals surface area contributed by atoms with Crippen LogP contribution >= 0.6 is 11.8 Å². The molecule has 1 aromatic heterocycles. The molecule has 0 aliphatic heterocycles. The zero-order chi connectivity index (χ0) is 11.4. The lowest BCUT2D eigenvalue weighted by molar-refractivity contribution is 0.617. The van der Waals surface area contributed by atoms with Gasteiger partial charge in [-0.1, -0.05) is 36.9 Å². The predicted octanol–water partition coefficient (Wildman–Crippen LogP) is 2.80. The zero-order valence-electron chi connectivity index (χ0n) is 8.90. The number of thioether (sulfide) groups is 1. The first-order valence-corrected chi connectivity index (χ1v) is 6.05. The Balaban J connectivity index is 1.99. The second-order valence-corrected chi connectivity index (χ2v) is 4.24. The summed E-state index contributed by atoms with van der Waals surface area (Å²) < 4.78 is 13.3. The van der Waals surface area contributed by atoms with Crippen LogP contribution in [0.3, 0.4) is 0 Å². The smallest absolute Gasteiger partial charge is 0.208 e. The lowest BCUT2D eigenvalue weighted by Crippen LogP contribution is -1.87. The Morgan fingerprint density at radius 3 is 2.88 bits per heavy atom. The molecule has 3 nitrogen and oxygen atoms in total. The Morgan fingerprint density at radius 1 is 1.38 bits per heavy atom. The number of nitrogens with one attached hydrogen (secondary N) is 1. The van der Waals surface area contributed by atoms with E-state index in [9.17, 15) is 4.39 Å². The minimum Gasteiger partial charge on any atom is -0.262 e. The van der Waals surface area contributed by atoms with Crippen molar-refractivity contribution in [3.63, 3.8) is 0 Å². The van der Waals surface area contributed by atoms with E-state index in [4.69, 9.17) is 0 Å². The summed E-state index contributed by atoms with van der Waals surface area (Å²) in [6.45, 7) is 2.01. The standard InChI is InChI=1S/C11H12FN3S/c1-2-10-13-11(15-14-10)16-7-8-5-3-4-6-9(8)12/h3-6H,2,7H2,1H3,(H,13,14,15). The van der Waals surface area contributed by atoms with E-state index in [2.05, 4.69) is 15.2 Å². The first-order chi connectivity index (χ1) is 7.79. The summed E-state index contributed by atoms with van der Waals surface area (Å²) in [5.41, 5.74) is 0.676. The Bertz CT molecular complexity index is 470. The summed E-state index contributed by atoms with van der Waals surface area (Å²) in [7, 11) is 0. The minimum absolute atomic E-state index is 0.179. The SMILES string of the molecule is CCc1nc(SCc2ccccc2F)n[nH]1. The predicted molar refractivity (Wildman–Crippen MR) is 61.7 cm³/mol. The maximum absolute atomic E-state index is 13.3. The summed E-state index contributed by atoms with van der Waals surface area (Å²) in [5.74, 6) is 1.23. The number of hydrogen-bond acceptors (Lipinski definition) is 3. The lowest BCUT2D eigenvalue weighted by Gasteiger charge is -1.99. The van der Waals surface area contributed by atoms with Crippen LogP contribution in [0.2, 0.25) is 0 Å². The van der Waals surface area contributed by atoms with Crippen LogP contribution in [-0.4, -0.2) is 15.2 Å². The molecule has 0 spiro atoms. The average Bonchev–Trinajstić information content (AvgIpc) is 2.76. The highest BCUT2D eigenvalue weighted by Gasteiger charge is 2.05. The van der Waals surface area contributed by atoms with Gasteiger partial charge in [-0.15, -0.1) is 5.10 Å². The number of aromatic amines is 1. The van der Waals surface area contributed by atoms with Gasteiger partial charge in [0.25, 0.3) is 0 Å². The van der Waals surface area contributed by atoms with Crippen molar-refractivity contribution in [3.05, 3.63) is 41.5 Å². The van der Waals surface area contributed by atoms with E-state index in [-0.39, 0.29) is 5.82 Å². The summed E-state index contributed by atoms with van der Waals surface area (Å²) in [4.78, 5) is 4.25. The number of hydrogen-bond donors (Lipinski definition) is 1. The second kappa shape index (κ2) is 5.12. The molecule has 0 bridgehead atoms. The molecule has 16 heavy (non-hydrogen) atoms.